The van der Waals surface area contributed by atoms with Crippen LogP contribution in [0.3, 0.4) is 0 Å². The molecule has 2 heterocycles. The molecule has 0 saturated carbocycles. The molecule has 1 aliphatic rings. The number of ether oxygens (including phenoxy) is 1. The van der Waals surface area contributed by atoms with Crippen LogP contribution in [0.1, 0.15) is 27.2 Å². The van der Waals surface area contributed by atoms with E-state index in [4.69, 9.17) is 9.15 Å². The van der Waals surface area contributed by atoms with E-state index < -0.39 is 10.5 Å². The van der Waals surface area contributed by atoms with Crippen LogP contribution in [0.4, 0.5) is 11.4 Å². The number of methoxy groups -OCH3 is 1. The van der Waals surface area contributed by atoms with Crippen molar-refractivity contribution in [2.45, 2.75) is 12.1 Å². The number of hydrogen-bond acceptors (Lipinski definition) is 6. The Bertz CT molecular complexity index is 1330. The predicted octanol–water partition coefficient (Wildman–Crippen LogP) is 5.34. The number of rotatable bonds is 6. The number of carbonyl (C=O) groups excluding carboxylic acids is 1. The van der Waals surface area contributed by atoms with Crippen molar-refractivity contribution in [3.05, 3.63) is 124 Å². The molecule has 0 bridgehead atoms. The van der Waals surface area contributed by atoms with E-state index in [2.05, 4.69) is 0 Å². The first-order chi connectivity index (χ1) is 16.1. The molecule has 1 aliphatic heterocycles. The van der Waals surface area contributed by atoms with Crippen LogP contribution in [0.2, 0.25) is 0 Å². The lowest BCUT2D eigenvalue weighted by atomic mass is 9.81. The van der Waals surface area contributed by atoms with Gasteiger partial charge >= 0.3 is 0 Å². The average molecular weight is 440 g/mol. The van der Waals surface area contributed by atoms with Crippen LogP contribution in [0.5, 0.6) is 5.75 Å². The van der Waals surface area contributed by atoms with Gasteiger partial charge < -0.3 is 14.1 Å². The fourth-order valence-corrected chi connectivity index (χ4v) is 4.59. The summed E-state index contributed by atoms with van der Waals surface area (Å²) in [5.74, 6) is 0.773. The first-order valence-corrected chi connectivity index (χ1v) is 10.4. The maximum absolute atomic E-state index is 14.1. The Hall–Kier alpha value is -4.39. The van der Waals surface area contributed by atoms with E-state index >= 15 is 0 Å². The van der Waals surface area contributed by atoms with Gasteiger partial charge in [0.15, 0.2) is 5.54 Å². The van der Waals surface area contributed by atoms with Gasteiger partial charge in [-0.2, -0.15) is 0 Å². The third kappa shape index (κ3) is 3.09. The van der Waals surface area contributed by atoms with Crippen LogP contribution in [0.25, 0.3) is 0 Å². The molecule has 0 radical (unpaired) electrons. The first-order valence-electron chi connectivity index (χ1n) is 10.4. The van der Waals surface area contributed by atoms with E-state index in [0.717, 1.165) is 5.56 Å². The largest absolute Gasteiger partial charge is 0.497 e. The van der Waals surface area contributed by atoms with Crippen molar-refractivity contribution in [3.63, 3.8) is 0 Å². The van der Waals surface area contributed by atoms with Crippen molar-refractivity contribution in [1.29, 1.82) is 0 Å². The quantitative estimate of drug-likeness (QED) is 0.297. The van der Waals surface area contributed by atoms with Crippen LogP contribution in [0.15, 0.2) is 95.6 Å². The summed E-state index contributed by atoms with van der Waals surface area (Å²) in [6, 6.07) is 24.5. The minimum Gasteiger partial charge on any atom is -0.497 e. The molecule has 5 rings (SSSR count). The fourth-order valence-electron chi connectivity index (χ4n) is 4.59. The highest BCUT2D eigenvalue weighted by molar-refractivity contribution is 6.16. The zero-order valence-corrected chi connectivity index (χ0v) is 17.8. The van der Waals surface area contributed by atoms with Gasteiger partial charge in [-0.05, 0) is 48.0 Å². The van der Waals surface area contributed by atoms with Gasteiger partial charge in [-0.1, -0.05) is 36.4 Å². The number of furan rings is 1. The number of nitro groups is 1. The number of carbonyl (C=O) groups is 1. The molecule has 0 aliphatic carbocycles. The number of nitro benzene ring substituents is 1. The molecule has 7 heteroatoms. The Labute approximate surface area is 190 Å². The van der Waals surface area contributed by atoms with E-state index in [0.29, 0.717) is 29.3 Å². The molecule has 1 atom stereocenters. The summed E-state index contributed by atoms with van der Waals surface area (Å²) in [6.45, 7) is 0.319. The SMILES string of the molecule is COc1ccc(CN2c3ccccc3C(=O)C2(c2ccco2)c2ccccc2[N+](=O)[O-])cc1. The summed E-state index contributed by atoms with van der Waals surface area (Å²) < 4.78 is 11.1. The van der Waals surface area contributed by atoms with Crippen molar-refractivity contribution in [3.8, 4) is 5.75 Å². The van der Waals surface area contributed by atoms with Crippen LogP contribution < -0.4 is 9.64 Å². The number of benzene rings is 3. The Balaban J connectivity index is 1.79. The number of anilines is 1. The number of nitrogens with zero attached hydrogens (tertiary/aromatic N) is 2. The maximum atomic E-state index is 14.1. The second-order valence-corrected chi connectivity index (χ2v) is 7.74. The van der Waals surface area contributed by atoms with Gasteiger partial charge in [0, 0.05) is 23.9 Å². The second-order valence-electron chi connectivity index (χ2n) is 7.74. The van der Waals surface area contributed by atoms with Gasteiger partial charge in [0.05, 0.1) is 23.9 Å². The molecular formula is C26H20N2O5. The van der Waals surface area contributed by atoms with Crippen molar-refractivity contribution < 1.29 is 18.9 Å². The van der Waals surface area contributed by atoms with E-state index in [1.54, 1.807) is 49.6 Å². The monoisotopic (exact) mass is 440 g/mol. The minimum absolute atomic E-state index is 0.144. The van der Waals surface area contributed by atoms with E-state index in [-0.39, 0.29) is 17.0 Å². The molecule has 0 spiro atoms. The van der Waals surface area contributed by atoms with Gasteiger partial charge in [0.25, 0.3) is 5.69 Å². The Kier molecular flexibility index (Phi) is 4.94. The molecule has 164 valence electrons. The van der Waals surface area contributed by atoms with Gasteiger partial charge in [0.1, 0.15) is 11.5 Å². The summed E-state index contributed by atoms with van der Waals surface area (Å²) in [5, 5.41) is 12.0. The molecular weight excluding hydrogens is 420 g/mol. The Morgan fingerprint density at radius 2 is 1.70 bits per heavy atom. The highest BCUT2D eigenvalue weighted by Gasteiger charge is 2.58. The summed E-state index contributed by atoms with van der Waals surface area (Å²) in [6.07, 6.45) is 1.48. The van der Waals surface area contributed by atoms with Crippen molar-refractivity contribution in [2.75, 3.05) is 12.0 Å². The predicted molar refractivity (Wildman–Crippen MR) is 123 cm³/mol. The van der Waals surface area contributed by atoms with Gasteiger partial charge in [-0.3, -0.25) is 14.9 Å². The molecule has 0 N–H and O–H groups in total. The lowest BCUT2D eigenvalue weighted by Crippen LogP contribution is -2.48. The zero-order valence-electron chi connectivity index (χ0n) is 17.8. The minimum atomic E-state index is -1.53. The van der Waals surface area contributed by atoms with Crippen LogP contribution >= 0.6 is 0 Å². The number of hydrogen-bond donors (Lipinski definition) is 0. The highest BCUT2D eigenvalue weighted by Crippen LogP contribution is 2.51. The second kappa shape index (κ2) is 7.94. The summed E-state index contributed by atoms with van der Waals surface area (Å²) in [7, 11) is 1.60. The molecule has 0 fully saturated rings. The number of fused-ring (bicyclic) bond motifs is 1. The van der Waals surface area contributed by atoms with Crippen molar-refractivity contribution >= 4 is 17.2 Å². The Morgan fingerprint density at radius 3 is 2.39 bits per heavy atom. The molecule has 3 aromatic carbocycles. The van der Waals surface area contributed by atoms with Crippen LogP contribution in [-0.2, 0) is 12.1 Å². The molecule has 33 heavy (non-hydrogen) atoms. The summed E-state index contributed by atoms with van der Waals surface area (Å²) in [5.41, 5.74) is 0.675. The van der Waals surface area contributed by atoms with E-state index in [9.17, 15) is 14.9 Å². The molecule has 0 saturated heterocycles. The van der Waals surface area contributed by atoms with Crippen LogP contribution in [-0.4, -0.2) is 17.8 Å². The lowest BCUT2D eigenvalue weighted by Gasteiger charge is -2.37. The molecule has 1 unspecified atom stereocenters. The third-order valence-electron chi connectivity index (χ3n) is 6.04. The Morgan fingerprint density at radius 1 is 0.970 bits per heavy atom. The highest BCUT2D eigenvalue weighted by atomic mass is 16.6. The van der Waals surface area contributed by atoms with E-state index in [1.807, 2.05) is 41.3 Å². The van der Waals surface area contributed by atoms with Gasteiger partial charge in [0.2, 0.25) is 5.78 Å². The molecule has 7 nitrogen and oxygen atoms in total. The van der Waals surface area contributed by atoms with Crippen molar-refractivity contribution in [2.24, 2.45) is 0 Å². The lowest BCUT2D eigenvalue weighted by molar-refractivity contribution is -0.385. The maximum Gasteiger partial charge on any atom is 0.275 e. The van der Waals surface area contributed by atoms with Crippen LogP contribution in [0, 0.1) is 10.1 Å². The normalized spacial score (nSPS) is 17.1. The van der Waals surface area contributed by atoms with E-state index in [1.165, 1.54) is 12.3 Å². The third-order valence-corrected chi connectivity index (χ3v) is 6.04. The average Bonchev–Trinajstić information content (AvgIpc) is 3.46. The summed E-state index contributed by atoms with van der Waals surface area (Å²) in [4.78, 5) is 27.6. The fraction of sp³-hybridized carbons (Fsp3) is 0.115. The van der Waals surface area contributed by atoms with Gasteiger partial charge in [-0.15, -0.1) is 0 Å². The van der Waals surface area contributed by atoms with Gasteiger partial charge in [-0.25, -0.2) is 0 Å². The smallest absolute Gasteiger partial charge is 0.275 e. The number of Topliss-reactive ketones (excluding diaryl/α,β-unsaturated/α-hetero) is 1. The molecule has 1 aromatic heterocycles. The topological polar surface area (TPSA) is 85.8 Å². The number of ketones is 1. The first kappa shape index (κ1) is 20.5. The standard InChI is InChI=1S/C26H20N2O5/c1-32-19-14-12-18(13-15-19)17-27-22-9-4-2-7-20(22)25(29)26(27,24-11-6-16-33-24)21-8-3-5-10-23(21)28(30)31/h2-16H,17H2,1H3. The zero-order chi connectivity index (χ0) is 23.0. The molecule has 4 aromatic rings. The van der Waals surface area contributed by atoms with Crippen molar-refractivity contribution in [1.82, 2.24) is 0 Å². The molecule has 0 amide bonds. The summed E-state index contributed by atoms with van der Waals surface area (Å²) >= 11 is 0. The number of para-hydroxylation sites is 2.